The minimum Gasteiger partial charge on any atom is -0.348 e. The van der Waals surface area contributed by atoms with Gasteiger partial charge >= 0.3 is 0 Å². The first-order valence-corrected chi connectivity index (χ1v) is 11.6. The van der Waals surface area contributed by atoms with Crippen LogP contribution in [0, 0.1) is 0 Å². The predicted octanol–water partition coefficient (Wildman–Crippen LogP) is 4.92. The molecule has 1 aliphatic rings. The molecule has 4 rings (SSSR count). The lowest BCUT2D eigenvalue weighted by Gasteiger charge is -2.27. The van der Waals surface area contributed by atoms with Gasteiger partial charge < -0.3 is 10.6 Å². The second-order valence-corrected chi connectivity index (χ2v) is 8.74. The Morgan fingerprint density at radius 3 is 2.29 bits per heavy atom. The minimum atomic E-state index is -0.141. The van der Waals surface area contributed by atoms with Gasteiger partial charge in [-0.25, -0.2) is 0 Å². The van der Waals surface area contributed by atoms with Crippen LogP contribution in [0.15, 0.2) is 66.0 Å². The largest absolute Gasteiger partial charge is 0.348 e. The number of thiophene rings is 1. The number of amides is 2. The van der Waals surface area contributed by atoms with Gasteiger partial charge in [0, 0.05) is 24.3 Å². The number of piperidine rings is 1. The molecule has 1 aliphatic heterocycles. The predicted molar refractivity (Wildman–Crippen MR) is 125 cm³/mol. The number of anilines is 1. The van der Waals surface area contributed by atoms with Crippen LogP contribution >= 0.6 is 11.3 Å². The second kappa shape index (κ2) is 10.4. The molecule has 0 spiro atoms. The van der Waals surface area contributed by atoms with Gasteiger partial charge in [0.15, 0.2) is 0 Å². The fraction of sp³-hybridized carbons (Fsp3) is 0.280. The van der Waals surface area contributed by atoms with Crippen LogP contribution in [0.5, 0.6) is 0 Å². The molecule has 31 heavy (non-hydrogen) atoms. The third-order valence-electron chi connectivity index (χ3n) is 5.55. The lowest BCUT2D eigenvalue weighted by Crippen LogP contribution is -2.30. The Morgan fingerprint density at radius 2 is 1.58 bits per heavy atom. The van der Waals surface area contributed by atoms with Crippen molar-refractivity contribution in [1.29, 1.82) is 0 Å². The van der Waals surface area contributed by atoms with E-state index in [4.69, 9.17) is 0 Å². The number of hydrogen-bond donors (Lipinski definition) is 2. The molecular formula is C25H27N3O2S. The van der Waals surface area contributed by atoms with E-state index < -0.39 is 0 Å². The highest BCUT2D eigenvalue weighted by Gasteiger charge is 2.13. The average Bonchev–Trinajstić information content (AvgIpc) is 3.35. The molecular weight excluding hydrogens is 406 g/mol. The molecule has 6 heteroatoms. The van der Waals surface area contributed by atoms with E-state index in [1.807, 2.05) is 17.5 Å². The maximum absolute atomic E-state index is 12.6. The Morgan fingerprint density at radius 1 is 0.839 bits per heavy atom. The molecule has 1 saturated heterocycles. The number of nitrogens with one attached hydrogen (secondary N) is 2. The van der Waals surface area contributed by atoms with Crippen molar-refractivity contribution in [3.63, 3.8) is 0 Å². The summed E-state index contributed by atoms with van der Waals surface area (Å²) >= 11 is 1.40. The number of carbonyl (C=O) groups is 2. The van der Waals surface area contributed by atoms with Crippen LogP contribution in [0.1, 0.15) is 50.4 Å². The summed E-state index contributed by atoms with van der Waals surface area (Å²) in [5, 5.41) is 7.75. The SMILES string of the molecule is O=C(NCc1ccccc1CN1CCCCC1)c1ccc(NC(=O)c2cccs2)cc1. The summed E-state index contributed by atoms with van der Waals surface area (Å²) in [6.07, 6.45) is 3.86. The first kappa shape index (κ1) is 21.3. The normalized spacial score (nSPS) is 14.2. The highest BCUT2D eigenvalue weighted by Crippen LogP contribution is 2.17. The first-order chi connectivity index (χ1) is 15.2. The van der Waals surface area contributed by atoms with Gasteiger partial charge in [-0.15, -0.1) is 11.3 Å². The molecule has 0 radical (unpaired) electrons. The zero-order valence-corrected chi connectivity index (χ0v) is 18.3. The molecule has 0 aliphatic carbocycles. The number of carbonyl (C=O) groups excluding carboxylic acids is 2. The standard InChI is InChI=1S/C25H27N3O2S/c29-24(19-10-12-22(13-11-19)27-25(30)23-9-6-16-31-23)26-17-20-7-2-3-8-21(20)18-28-14-4-1-5-15-28/h2-3,6-13,16H,1,4-5,14-15,17-18H2,(H,26,29)(H,27,30). The molecule has 2 aromatic carbocycles. The van der Waals surface area contributed by atoms with Gasteiger partial charge in [-0.1, -0.05) is 36.8 Å². The van der Waals surface area contributed by atoms with Gasteiger partial charge in [0.05, 0.1) is 4.88 Å². The van der Waals surface area contributed by atoms with E-state index in [9.17, 15) is 9.59 Å². The number of benzene rings is 2. The van der Waals surface area contributed by atoms with Crippen LogP contribution in [0.3, 0.4) is 0 Å². The lowest BCUT2D eigenvalue weighted by atomic mass is 10.0. The number of rotatable bonds is 7. The summed E-state index contributed by atoms with van der Waals surface area (Å²) in [4.78, 5) is 27.9. The maximum Gasteiger partial charge on any atom is 0.265 e. The molecule has 1 aromatic heterocycles. The van der Waals surface area contributed by atoms with Crippen LogP contribution in [0.25, 0.3) is 0 Å². The van der Waals surface area contributed by atoms with Crippen molar-refractivity contribution < 1.29 is 9.59 Å². The third kappa shape index (κ3) is 5.81. The third-order valence-corrected chi connectivity index (χ3v) is 6.42. The summed E-state index contributed by atoms with van der Waals surface area (Å²) in [6, 6.07) is 18.9. The van der Waals surface area contributed by atoms with Gasteiger partial charge in [-0.2, -0.15) is 0 Å². The number of nitrogens with zero attached hydrogens (tertiary/aromatic N) is 1. The Labute approximate surface area is 187 Å². The van der Waals surface area contributed by atoms with Crippen molar-refractivity contribution in [3.8, 4) is 0 Å². The Bertz CT molecular complexity index is 1010. The first-order valence-electron chi connectivity index (χ1n) is 10.7. The van der Waals surface area contributed by atoms with Gasteiger partial charge in [-0.05, 0) is 72.8 Å². The second-order valence-electron chi connectivity index (χ2n) is 7.80. The summed E-state index contributed by atoms with van der Waals surface area (Å²) < 4.78 is 0. The van der Waals surface area contributed by atoms with Crippen molar-refractivity contribution in [2.75, 3.05) is 18.4 Å². The van der Waals surface area contributed by atoms with Crippen molar-refractivity contribution in [2.45, 2.75) is 32.4 Å². The zero-order chi connectivity index (χ0) is 21.5. The molecule has 0 unspecified atom stereocenters. The highest BCUT2D eigenvalue weighted by molar-refractivity contribution is 7.12. The highest BCUT2D eigenvalue weighted by atomic mass is 32.1. The van der Waals surface area contributed by atoms with E-state index in [0.717, 1.165) is 25.2 Å². The molecule has 2 amide bonds. The van der Waals surface area contributed by atoms with E-state index in [2.05, 4.69) is 33.7 Å². The van der Waals surface area contributed by atoms with Gasteiger partial charge in [0.1, 0.15) is 0 Å². The Balaban J connectivity index is 1.33. The maximum atomic E-state index is 12.6. The van der Waals surface area contributed by atoms with Crippen molar-refractivity contribution in [3.05, 3.63) is 87.6 Å². The van der Waals surface area contributed by atoms with E-state index >= 15 is 0 Å². The molecule has 0 atom stereocenters. The van der Waals surface area contributed by atoms with E-state index in [0.29, 0.717) is 22.7 Å². The summed E-state index contributed by atoms with van der Waals surface area (Å²) in [6.45, 7) is 3.73. The molecule has 3 aromatic rings. The van der Waals surface area contributed by atoms with Crippen LogP contribution in [-0.2, 0) is 13.1 Å². The van der Waals surface area contributed by atoms with Crippen LogP contribution in [0.4, 0.5) is 5.69 Å². The summed E-state index contributed by atoms with van der Waals surface area (Å²) in [7, 11) is 0. The van der Waals surface area contributed by atoms with Gasteiger partial charge in [0.25, 0.3) is 11.8 Å². The zero-order valence-electron chi connectivity index (χ0n) is 17.5. The van der Waals surface area contributed by atoms with Gasteiger partial charge in [0.2, 0.25) is 0 Å². The Hall–Kier alpha value is -2.96. The molecule has 1 fully saturated rings. The number of likely N-dealkylation sites (tertiary alicyclic amines) is 1. The van der Waals surface area contributed by atoms with Crippen LogP contribution < -0.4 is 10.6 Å². The summed E-state index contributed by atoms with van der Waals surface area (Å²) in [5.74, 6) is -0.263. The van der Waals surface area contributed by atoms with E-state index in [1.165, 1.54) is 36.2 Å². The average molecular weight is 434 g/mol. The fourth-order valence-electron chi connectivity index (χ4n) is 3.83. The van der Waals surface area contributed by atoms with E-state index in [-0.39, 0.29) is 11.8 Å². The van der Waals surface area contributed by atoms with E-state index in [1.54, 1.807) is 30.3 Å². The number of hydrogen-bond acceptors (Lipinski definition) is 4. The molecule has 0 bridgehead atoms. The molecule has 0 saturated carbocycles. The quantitative estimate of drug-likeness (QED) is 0.556. The Kier molecular flexibility index (Phi) is 7.12. The minimum absolute atomic E-state index is 0.121. The fourth-order valence-corrected chi connectivity index (χ4v) is 4.44. The molecule has 160 valence electrons. The van der Waals surface area contributed by atoms with Crippen molar-refractivity contribution in [2.24, 2.45) is 0 Å². The lowest BCUT2D eigenvalue weighted by molar-refractivity contribution is 0.0950. The van der Waals surface area contributed by atoms with Crippen LogP contribution in [0.2, 0.25) is 0 Å². The smallest absolute Gasteiger partial charge is 0.265 e. The van der Waals surface area contributed by atoms with Crippen molar-refractivity contribution >= 4 is 28.8 Å². The van der Waals surface area contributed by atoms with Crippen LogP contribution in [-0.4, -0.2) is 29.8 Å². The molecule has 2 N–H and O–H groups in total. The summed E-state index contributed by atoms with van der Waals surface area (Å²) in [5.41, 5.74) is 3.67. The van der Waals surface area contributed by atoms with Gasteiger partial charge in [-0.3, -0.25) is 14.5 Å². The monoisotopic (exact) mass is 433 g/mol. The molecule has 2 heterocycles. The molecule has 5 nitrogen and oxygen atoms in total. The topological polar surface area (TPSA) is 61.4 Å². The van der Waals surface area contributed by atoms with Crippen molar-refractivity contribution in [1.82, 2.24) is 10.2 Å².